The lowest BCUT2D eigenvalue weighted by molar-refractivity contribution is -0.148. The van der Waals surface area contributed by atoms with Crippen molar-refractivity contribution in [2.75, 3.05) is 26.3 Å². The van der Waals surface area contributed by atoms with Crippen LogP contribution >= 0.6 is 15.9 Å². The molecule has 2 fully saturated rings. The maximum atomic E-state index is 13.4. The molecule has 2 aliphatic heterocycles. The average molecular weight is 396 g/mol. The lowest BCUT2D eigenvalue weighted by Crippen LogP contribution is -2.50. The summed E-state index contributed by atoms with van der Waals surface area (Å²) in [5, 5.41) is 9.43. The van der Waals surface area contributed by atoms with Gasteiger partial charge in [-0.25, -0.2) is 0 Å². The van der Waals surface area contributed by atoms with Crippen LogP contribution in [0.15, 0.2) is 28.7 Å². The molecule has 1 aromatic rings. The summed E-state index contributed by atoms with van der Waals surface area (Å²) in [5.74, 6) is -0.791. The Morgan fingerprint density at radius 3 is 2.33 bits per heavy atom. The SMILES string of the molecule is C[C@]1(C(=O)O)CCN(C(=O)C2(c3ccc(Br)cc3)CCOCC2)C1. The van der Waals surface area contributed by atoms with E-state index in [-0.39, 0.29) is 12.5 Å². The standard InChI is InChI=1S/C18H22BrNO4/c1-17(16(22)23)6-9-20(12-17)15(21)18(7-10-24-11-8-18)13-2-4-14(19)5-3-13/h2-5H,6-12H2,1H3,(H,22,23)/t17-/m0/s1. The maximum absolute atomic E-state index is 13.4. The Labute approximate surface area is 150 Å². The molecule has 1 aromatic carbocycles. The first-order valence-electron chi connectivity index (χ1n) is 8.24. The topological polar surface area (TPSA) is 66.8 Å². The van der Waals surface area contributed by atoms with Crippen molar-refractivity contribution in [1.29, 1.82) is 0 Å². The minimum Gasteiger partial charge on any atom is -0.481 e. The van der Waals surface area contributed by atoms with E-state index in [2.05, 4.69) is 15.9 Å². The van der Waals surface area contributed by atoms with E-state index in [9.17, 15) is 14.7 Å². The summed E-state index contributed by atoms with van der Waals surface area (Å²) >= 11 is 3.44. The van der Waals surface area contributed by atoms with Crippen LogP contribution < -0.4 is 0 Å². The van der Waals surface area contributed by atoms with Gasteiger partial charge < -0.3 is 14.7 Å². The lowest BCUT2D eigenvalue weighted by atomic mass is 9.73. The molecular weight excluding hydrogens is 374 g/mol. The third kappa shape index (κ3) is 2.97. The van der Waals surface area contributed by atoms with Gasteiger partial charge in [-0.1, -0.05) is 28.1 Å². The van der Waals surface area contributed by atoms with Crippen LogP contribution in [0.2, 0.25) is 0 Å². The van der Waals surface area contributed by atoms with E-state index >= 15 is 0 Å². The fourth-order valence-electron chi connectivity index (χ4n) is 3.73. The Kier molecular flexibility index (Phi) is 4.71. The zero-order valence-electron chi connectivity index (χ0n) is 13.8. The predicted molar refractivity (Wildman–Crippen MR) is 92.8 cm³/mol. The largest absolute Gasteiger partial charge is 0.481 e. The predicted octanol–water partition coefficient (Wildman–Crippen LogP) is 2.82. The van der Waals surface area contributed by atoms with Gasteiger partial charge in [0.05, 0.1) is 10.8 Å². The van der Waals surface area contributed by atoms with Gasteiger partial charge in [0.1, 0.15) is 0 Å². The van der Waals surface area contributed by atoms with E-state index in [4.69, 9.17) is 4.74 Å². The molecule has 6 heteroatoms. The van der Waals surface area contributed by atoms with Crippen LogP contribution in [0, 0.1) is 5.41 Å². The van der Waals surface area contributed by atoms with Gasteiger partial charge in [0.2, 0.25) is 5.91 Å². The average Bonchev–Trinajstić information content (AvgIpc) is 2.99. The highest BCUT2D eigenvalue weighted by Crippen LogP contribution is 2.40. The number of carboxylic acid groups (broad SMARTS) is 1. The summed E-state index contributed by atoms with van der Waals surface area (Å²) in [6.45, 7) is 3.59. The fourth-order valence-corrected chi connectivity index (χ4v) is 3.99. The second-order valence-corrected chi connectivity index (χ2v) is 7.96. The first kappa shape index (κ1) is 17.4. The fraction of sp³-hybridized carbons (Fsp3) is 0.556. The van der Waals surface area contributed by atoms with Crippen LogP contribution in [0.4, 0.5) is 0 Å². The van der Waals surface area contributed by atoms with Crippen molar-refractivity contribution in [2.45, 2.75) is 31.6 Å². The normalized spacial score (nSPS) is 26.3. The van der Waals surface area contributed by atoms with E-state index in [1.54, 1.807) is 11.8 Å². The Hall–Kier alpha value is -1.40. The molecule has 1 amide bonds. The molecule has 2 aliphatic rings. The van der Waals surface area contributed by atoms with Gasteiger partial charge >= 0.3 is 5.97 Å². The molecule has 130 valence electrons. The number of ether oxygens (including phenoxy) is 1. The Balaban J connectivity index is 1.91. The molecule has 5 nitrogen and oxygen atoms in total. The highest BCUT2D eigenvalue weighted by molar-refractivity contribution is 9.10. The van der Waals surface area contributed by atoms with Crippen LogP contribution in [0.3, 0.4) is 0 Å². The molecule has 2 saturated heterocycles. The molecule has 0 unspecified atom stereocenters. The van der Waals surface area contributed by atoms with Gasteiger partial charge in [-0.2, -0.15) is 0 Å². The lowest BCUT2D eigenvalue weighted by Gasteiger charge is -2.39. The Morgan fingerprint density at radius 1 is 1.17 bits per heavy atom. The van der Waals surface area contributed by atoms with Crippen molar-refractivity contribution in [3.05, 3.63) is 34.3 Å². The van der Waals surface area contributed by atoms with Gasteiger partial charge in [0.25, 0.3) is 0 Å². The number of aliphatic carboxylic acids is 1. The number of hydrogen-bond donors (Lipinski definition) is 1. The quantitative estimate of drug-likeness (QED) is 0.854. The first-order valence-corrected chi connectivity index (χ1v) is 9.03. The number of likely N-dealkylation sites (tertiary alicyclic amines) is 1. The van der Waals surface area contributed by atoms with Crippen LogP contribution in [0.1, 0.15) is 31.7 Å². The van der Waals surface area contributed by atoms with Crippen LogP contribution in [0.5, 0.6) is 0 Å². The molecule has 0 bridgehead atoms. The van der Waals surface area contributed by atoms with E-state index in [1.165, 1.54) is 0 Å². The minimum atomic E-state index is -0.846. The molecule has 0 radical (unpaired) electrons. The second-order valence-electron chi connectivity index (χ2n) is 7.04. The zero-order valence-corrected chi connectivity index (χ0v) is 15.3. The van der Waals surface area contributed by atoms with Crippen molar-refractivity contribution >= 4 is 27.8 Å². The number of rotatable bonds is 3. The summed E-state index contributed by atoms with van der Waals surface area (Å²) in [7, 11) is 0. The zero-order chi connectivity index (χ0) is 17.4. The number of hydrogen-bond acceptors (Lipinski definition) is 3. The van der Waals surface area contributed by atoms with Gasteiger partial charge in [-0.05, 0) is 43.9 Å². The second kappa shape index (κ2) is 6.48. The van der Waals surface area contributed by atoms with Crippen LogP contribution in [0.25, 0.3) is 0 Å². The third-order valence-electron chi connectivity index (χ3n) is 5.43. The molecule has 1 N–H and O–H groups in total. The van der Waals surface area contributed by atoms with E-state index in [1.807, 2.05) is 24.3 Å². The Bertz CT molecular complexity index is 639. The smallest absolute Gasteiger partial charge is 0.311 e. The first-order chi connectivity index (χ1) is 11.4. The van der Waals surface area contributed by atoms with Gasteiger partial charge in [-0.15, -0.1) is 0 Å². The number of halogens is 1. The molecule has 24 heavy (non-hydrogen) atoms. The van der Waals surface area contributed by atoms with Crippen molar-refractivity contribution in [3.8, 4) is 0 Å². The van der Waals surface area contributed by atoms with Crippen molar-refractivity contribution in [3.63, 3.8) is 0 Å². The molecule has 0 aliphatic carbocycles. The molecule has 3 rings (SSSR count). The molecule has 2 heterocycles. The molecule has 1 atom stereocenters. The van der Waals surface area contributed by atoms with E-state index < -0.39 is 16.8 Å². The number of nitrogens with zero attached hydrogens (tertiary/aromatic N) is 1. The molecule has 0 spiro atoms. The number of carbonyl (C=O) groups is 2. The van der Waals surface area contributed by atoms with Crippen LogP contribution in [-0.2, 0) is 19.7 Å². The Morgan fingerprint density at radius 2 is 1.79 bits per heavy atom. The molecule has 0 saturated carbocycles. The van der Waals surface area contributed by atoms with Crippen molar-refractivity contribution < 1.29 is 19.4 Å². The van der Waals surface area contributed by atoms with Gasteiger partial charge in [-0.3, -0.25) is 9.59 Å². The third-order valence-corrected chi connectivity index (χ3v) is 5.96. The highest BCUT2D eigenvalue weighted by Gasteiger charge is 2.49. The molecule has 0 aromatic heterocycles. The summed E-state index contributed by atoms with van der Waals surface area (Å²) in [5.41, 5.74) is -0.465. The summed E-state index contributed by atoms with van der Waals surface area (Å²) in [6, 6.07) is 7.87. The number of benzene rings is 1. The summed E-state index contributed by atoms with van der Waals surface area (Å²) in [4.78, 5) is 26.6. The van der Waals surface area contributed by atoms with E-state index in [0.29, 0.717) is 39.0 Å². The van der Waals surface area contributed by atoms with Crippen molar-refractivity contribution in [2.24, 2.45) is 5.41 Å². The summed E-state index contributed by atoms with van der Waals surface area (Å²) in [6.07, 6.45) is 1.77. The highest BCUT2D eigenvalue weighted by atomic mass is 79.9. The number of carbonyl (C=O) groups excluding carboxylic acids is 1. The number of carboxylic acids is 1. The number of amides is 1. The monoisotopic (exact) mass is 395 g/mol. The van der Waals surface area contributed by atoms with Gasteiger partial charge in [0.15, 0.2) is 0 Å². The summed E-state index contributed by atoms with van der Waals surface area (Å²) < 4.78 is 6.46. The van der Waals surface area contributed by atoms with Crippen molar-refractivity contribution in [1.82, 2.24) is 4.90 Å². The van der Waals surface area contributed by atoms with E-state index in [0.717, 1.165) is 10.0 Å². The minimum absolute atomic E-state index is 0.0399. The molecular formula is C18H22BrNO4. The van der Waals surface area contributed by atoms with Crippen LogP contribution in [-0.4, -0.2) is 48.2 Å². The van der Waals surface area contributed by atoms with Gasteiger partial charge in [0, 0.05) is 30.8 Å². The maximum Gasteiger partial charge on any atom is 0.311 e.